The van der Waals surface area contributed by atoms with Gasteiger partial charge in [-0.25, -0.2) is 9.97 Å². The number of carbonyl (C=O) groups is 1. The Kier molecular flexibility index (Phi) is 5.22. The molecule has 1 unspecified atom stereocenters. The fourth-order valence-corrected chi connectivity index (χ4v) is 4.61. The molecule has 0 bridgehead atoms. The van der Waals surface area contributed by atoms with Crippen LogP contribution in [0.25, 0.3) is 20.7 Å². The first-order valence-corrected chi connectivity index (χ1v) is 10.2. The van der Waals surface area contributed by atoms with Crippen molar-refractivity contribution in [2.75, 3.05) is 0 Å². The van der Waals surface area contributed by atoms with Crippen LogP contribution in [0.2, 0.25) is 0 Å². The summed E-state index contributed by atoms with van der Waals surface area (Å²) in [5.41, 5.74) is 1.15. The number of nitrogens with zero attached hydrogens (tertiary/aromatic N) is 2. The van der Waals surface area contributed by atoms with Crippen LogP contribution in [-0.4, -0.2) is 21.1 Å². The highest BCUT2D eigenvalue weighted by Gasteiger charge is 2.18. The Morgan fingerprint density at radius 1 is 1.22 bits per heavy atom. The van der Waals surface area contributed by atoms with E-state index in [1.54, 1.807) is 30.0 Å². The van der Waals surface area contributed by atoms with E-state index in [2.05, 4.69) is 33.5 Å². The van der Waals surface area contributed by atoms with E-state index in [0.717, 1.165) is 31.4 Å². The van der Waals surface area contributed by atoms with Crippen molar-refractivity contribution in [3.8, 4) is 10.4 Å². The molecule has 0 radical (unpaired) electrons. The maximum Gasteiger partial charge on any atom is 0.233 e. The lowest BCUT2D eigenvalue weighted by atomic mass is 10.2. The first-order chi connectivity index (χ1) is 13.2. The molecule has 27 heavy (non-hydrogen) atoms. The third kappa shape index (κ3) is 4.04. The predicted octanol–water partition coefficient (Wildman–Crippen LogP) is 4.75. The third-order valence-corrected chi connectivity index (χ3v) is 6.23. The molecule has 1 aromatic carbocycles. The Hall–Kier alpha value is -2.64. The lowest BCUT2D eigenvalue weighted by Crippen LogP contribution is -2.30. The summed E-state index contributed by atoms with van der Waals surface area (Å²) in [6.07, 6.45) is 3.15. The molecule has 3 aromatic heterocycles. The van der Waals surface area contributed by atoms with Crippen molar-refractivity contribution in [3.63, 3.8) is 0 Å². The van der Waals surface area contributed by atoms with Gasteiger partial charge in [-0.3, -0.25) is 4.79 Å². The maximum absolute atomic E-state index is 12.4. The standard InChI is InChI=1S/C20H17N3O2S2/c1-13(18(24)21-11-15-8-5-9-25-15)26-19-16-10-17(14-6-3-2-4-7-14)27-20(16)23-12-22-19/h2-10,12-13H,11H2,1H3,(H,21,24). The molecule has 1 atom stereocenters. The van der Waals surface area contributed by atoms with Crippen LogP contribution in [0.15, 0.2) is 70.6 Å². The summed E-state index contributed by atoms with van der Waals surface area (Å²) in [5, 5.41) is 4.41. The van der Waals surface area contributed by atoms with Gasteiger partial charge in [-0.1, -0.05) is 42.1 Å². The normalized spacial score (nSPS) is 12.2. The number of amides is 1. The monoisotopic (exact) mass is 395 g/mol. The minimum Gasteiger partial charge on any atom is -0.467 e. The fourth-order valence-electron chi connectivity index (χ4n) is 2.62. The molecule has 5 nitrogen and oxygen atoms in total. The van der Waals surface area contributed by atoms with Gasteiger partial charge >= 0.3 is 0 Å². The van der Waals surface area contributed by atoms with Gasteiger partial charge < -0.3 is 9.73 Å². The molecule has 3 heterocycles. The number of fused-ring (bicyclic) bond motifs is 1. The summed E-state index contributed by atoms with van der Waals surface area (Å²) >= 11 is 3.07. The number of hydrogen-bond acceptors (Lipinski definition) is 6. The Labute approximate surface area is 164 Å². The topological polar surface area (TPSA) is 68.0 Å². The molecule has 4 rings (SSSR count). The Morgan fingerprint density at radius 3 is 2.85 bits per heavy atom. The number of rotatable bonds is 6. The number of nitrogens with one attached hydrogen (secondary N) is 1. The van der Waals surface area contributed by atoms with Gasteiger partial charge in [0.25, 0.3) is 0 Å². The van der Waals surface area contributed by atoms with Gasteiger partial charge in [-0.05, 0) is 30.7 Å². The molecule has 7 heteroatoms. The molecule has 1 N–H and O–H groups in total. The molecular formula is C20H17N3O2S2. The van der Waals surface area contributed by atoms with Crippen LogP contribution in [0.3, 0.4) is 0 Å². The smallest absolute Gasteiger partial charge is 0.233 e. The Balaban J connectivity index is 1.51. The second-order valence-electron chi connectivity index (χ2n) is 5.93. The number of furan rings is 1. The van der Waals surface area contributed by atoms with E-state index in [0.29, 0.717) is 6.54 Å². The molecule has 4 aromatic rings. The number of carbonyl (C=O) groups excluding carboxylic acids is 1. The van der Waals surface area contributed by atoms with Crippen molar-refractivity contribution in [1.29, 1.82) is 0 Å². The summed E-state index contributed by atoms with van der Waals surface area (Å²) in [6.45, 7) is 2.26. The number of hydrogen-bond donors (Lipinski definition) is 1. The van der Waals surface area contributed by atoms with E-state index in [4.69, 9.17) is 4.42 Å². The summed E-state index contributed by atoms with van der Waals surface area (Å²) in [7, 11) is 0. The van der Waals surface area contributed by atoms with Gasteiger partial charge in [0.1, 0.15) is 21.9 Å². The minimum atomic E-state index is -0.280. The predicted molar refractivity (Wildman–Crippen MR) is 109 cm³/mol. The molecule has 0 saturated heterocycles. The van der Waals surface area contributed by atoms with Gasteiger partial charge in [0.05, 0.1) is 18.1 Å². The van der Waals surface area contributed by atoms with Gasteiger partial charge in [0.2, 0.25) is 5.91 Å². The second-order valence-corrected chi connectivity index (χ2v) is 8.29. The van der Waals surface area contributed by atoms with E-state index >= 15 is 0 Å². The van der Waals surface area contributed by atoms with Crippen molar-refractivity contribution in [3.05, 3.63) is 66.9 Å². The van der Waals surface area contributed by atoms with Crippen LogP contribution in [0.4, 0.5) is 0 Å². The highest BCUT2D eigenvalue weighted by Crippen LogP contribution is 2.37. The minimum absolute atomic E-state index is 0.0540. The molecule has 0 saturated carbocycles. The summed E-state index contributed by atoms with van der Waals surface area (Å²) in [4.78, 5) is 23.3. The van der Waals surface area contributed by atoms with Crippen molar-refractivity contribution in [1.82, 2.24) is 15.3 Å². The van der Waals surface area contributed by atoms with Gasteiger partial charge in [-0.15, -0.1) is 11.3 Å². The molecule has 0 aliphatic carbocycles. The van der Waals surface area contributed by atoms with Crippen LogP contribution < -0.4 is 5.32 Å². The molecule has 0 aliphatic heterocycles. The molecule has 1 amide bonds. The first kappa shape index (κ1) is 17.8. The van der Waals surface area contributed by atoms with E-state index in [-0.39, 0.29) is 11.2 Å². The molecule has 0 aliphatic rings. The fraction of sp³-hybridized carbons (Fsp3) is 0.150. The second kappa shape index (κ2) is 7.94. The van der Waals surface area contributed by atoms with Crippen molar-refractivity contribution in [2.45, 2.75) is 23.7 Å². The van der Waals surface area contributed by atoms with Crippen molar-refractivity contribution in [2.24, 2.45) is 0 Å². The Bertz CT molecular complexity index is 1050. The average molecular weight is 396 g/mol. The maximum atomic E-state index is 12.4. The zero-order valence-corrected chi connectivity index (χ0v) is 16.2. The summed E-state index contributed by atoms with van der Waals surface area (Å²) in [6, 6.07) is 15.9. The van der Waals surface area contributed by atoms with Gasteiger partial charge in [-0.2, -0.15) is 0 Å². The molecule has 0 fully saturated rings. The quantitative estimate of drug-likeness (QED) is 0.377. The number of thioether (sulfide) groups is 1. The van der Waals surface area contributed by atoms with Gasteiger partial charge in [0, 0.05) is 10.3 Å². The molecular weight excluding hydrogens is 378 g/mol. The Morgan fingerprint density at radius 2 is 2.07 bits per heavy atom. The van der Waals surface area contributed by atoms with Crippen LogP contribution in [0.1, 0.15) is 12.7 Å². The highest BCUT2D eigenvalue weighted by molar-refractivity contribution is 8.00. The van der Waals surface area contributed by atoms with Crippen LogP contribution in [0, 0.1) is 0 Å². The average Bonchev–Trinajstić information content (AvgIpc) is 3.37. The SMILES string of the molecule is CC(Sc1ncnc2sc(-c3ccccc3)cc12)C(=O)NCc1ccco1. The molecule has 0 spiro atoms. The summed E-state index contributed by atoms with van der Waals surface area (Å²) < 4.78 is 5.24. The zero-order chi connectivity index (χ0) is 18.6. The van der Waals surface area contributed by atoms with Crippen LogP contribution in [0.5, 0.6) is 0 Å². The van der Waals surface area contributed by atoms with Crippen molar-refractivity contribution >= 4 is 39.2 Å². The van der Waals surface area contributed by atoms with Crippen LogP contribution >= 0.6 is 23.1 Å². The van der Waals surface area contributed by atoms with E-state index in [1.807, 2.05) is 31.2 Å². The van der Waals surface area contributed by atoms with E-state index in [1.165, 1.54) is 11.8 Å². The van der Waals surface area contributed by atoms with Gasteiger partial charge in [0.15, 0.2) is 0 Å². The van der Waals surface area contributed by atoms with E-state index < -0.39 is 0 Å². The lowest BCUT2D eigenvalue weighted by Gasteiger charge is -2.11. The first-order valence-electron chi connectivity index (χ1n) is 8.47. The third-order valence-electron chi connectivity index (χ3n) is 4.03. The zero-order valence-electron chi connectivity index (χ0n) is 14.6. The summed E-state index contributed by atoms with van der Waals surface area (Å²) in [5.74, 6) is 0.678. The van der Waals surface area contributed by atoms with E-state index in [9.17, 15) is 4.79 Å². The highest BCUT2D eigenvalue weighted by atomic mass is 32.2. The molecule has 136 valence electrons. The number of benzene rings is 1. The lowest BCUT2D eigenvalue weighted by molar-refractivity contribution is -0.120. The number of aromatic nitrogens is 2. The van der Waals surface area contributed by atoms with Crippen LogP contribution in [-0.2, 0) is 11.3 Å². The largest absolute Gasteiger partial charge is 0.467 e. The van der Waals surface area contributed by atoms with Crippen molar-refractivity contribution < 1.29 is 9.21 Å². The number of thiophene rings is 1.